The molecule has 23 heavy (non-hydrogen) atoms. The van der Waals surface area contributed by atoms with Crippen LogP contribution in [0, 0.1) is 5.92 Å². The SMILES string of the molecule is CCCCC(CC)C(=O)N[C@@H](CCC(=O)O)C(=O)N(CC)CC. The van der Waals surface area contributed by atoms with Gasteiger partial charge >= 0.3 is 5.97 Å². The Kier molecular flexibility index (Phi) is 11.1. The van der Waals surface area contributed by atoms with Crippen LogP contribution in [-0.4, -0.2) is 46.9 Å². The third kappa shape index (κ3) is 8.00. The summed E-state index contributed by atoms with van der Waals surface area (Å²) in [4.78, 5) is 37.3. The number of rotatable bonds is 12. The number of likely N-dealkylation sites (N-methyl/N-ethyl adjacent to an activating group) is 1. The van der Waals surface area contributed by atoms with Crippen molar-refractivity contribution in [1.82, 2.24) is 10.2 Å². The summed E-state index contributed by atoms with van der Waals surface area (Å²) in [5.74, 6) is -1.42. The van der Waals surface area contributed by atoms with Crippen molar-refractivity contribution in [2.24, 2.45) is 5.92 Å². The van der Waals surface area contributed by atoms with Gasteiger partial charge in [-0.15, -0.1) is 0 Å². The van der Waals surface area contributed by atoms with E-state index >= 15 is 0 Å². The minimum absolute atomic E-state index is 0.119. The van der Waals surface area contributed by atoms with Gasteiger partial charge in [0.1, 0.15) is 6.04 Å². The van der Waals surface area contributed by atoms with Crippen molar-refractivity contribution in [2.45, 2.75) is 72.3 Å². The molecular formula is C17H32N2O4. The highest BCUT2D eigenvalue weighted by Crippen LogP contribution is 2.14. The van der Waals surface area contributed by atoms with Crippen molar-refractivity contribution in [2.75, 3.05) is 13.1 Å². The molecule has 6 nitrogen and oxygen atoms in total. The first kappa shape index (κ1) is 21.4. The number of carbonyl (C=O) groups is 3. The van der Waals surface area contributed by atoms with Gasteiger partial charge in [-0.3, -0.25) is 14.4 Å². The van der Waals surface area contributed by atoms with E-state index in [1.54, 1.807) is 4.90 Å². The highest BCUT2D eigenvalue weighted by atomic mass is 16.4. The Morgan fingerprint density at radius 3 is 2.09 bits per heavy atom. The maximum absolute atomic E-state index is 12.5. The molecule has 2 amide bonds. The summed E-state index contributed by atoms with van der Waals surface area (Å²) < 4.78 is 0. The van der Waals surface area contributed by atoms with Crippen LogP contribution in [-0.2, 0) is 14.4 Å². The summed E-state index contributed by atoms with van der Waals surface area (Å²) in [6, 6.07) is -0.755. The number of hydrogen-bond acceptors (Lipinski definition) is 3. The first-order chi connectivity index (χ1) is 10.9. The van der Waals surface area contributed by atoms with E-state index < -0.39 is 12.0 Å². The third-order valence-corrected chi connectivity index (χ3v) is 4.11. The predicted molar refractivity (Wildman–Crippen MR) is 90.0 cm³/mol. The van der Waals surface area contributed by atoms with E-state index in [0.29, 0.717) is 13.1 Å². The van der Waals surface area contributed by atoms with E-state index in [1.165, 1.54) is 0 Å². The fourth-order valence-corrected chi connectivity index (χ4v) is 2.54. The molecular weight excluding hydrogens is 296 g/mol. The standard InChI is InChI=1S/C17H32N2O4/c1-5-9-10-13(6-2)16(22)18-14(11-12-15(20)21)17(23)19(7-3)8-4/h13-14H,5-12H2,1-4H3,(H,18,22)(H,20,21)/t13?,14-/m0/s1. The quantitative estimate of drug-likeness (QED) is 0.576. The molecule has 0 aliphatic heterocycles. The minimum atomic E-state index is -0.963. The third-order valence-electron chi connectivity index (χ3n) is 4.11. The van der Waals surface area contributed by atoms with Crippen LogP contribution in [0.5, 0.6) is 0 Å². The lowest BCUT2D eigenvalue weighted by atomic mass is 9.97. The zero-order chi connectivity index (χ0) is 17.8. The Bertz CT molecular complexity index is 381. The average molecular weight is 328 g/mol. The van der Waals surface area contributed by atoms with Crippen molar-refractivity contribution in [1.29, 1.82) is 0 Å². The molecule has 6 heteroatoms. The molecule has 2 N–H and O–H groups in total. The van der Waals surface area contributed by atoms with Crippen LogP contribution >= 0.6 is 0 Å². The van der Waals surface area contributed by atoms with Gasteiger partial charge in [-0.1, -0.05) is 26.7 Å². The molecule has 0 heterocycles. The lowest BCUT2D eigenvalue weighted by Crippen LogP contribution is -2.50. The summed E-state index contributed by atoms with van der Waals surface area (Å²) in [5.41, 5.74) is 0. The van der Waals surface area contributed by atoms with Crippen LogP contribution in [0.25, 0.3) is 0 Å². The Labute approximate surface area is 139 Å². The van der Waals surface area contributed by atoms with Crippen LogP contribution < -0.4 is 5.32 Å². The van der Waals surface area contributed by atoms with Crippen LogP contribution in [0.4, 0.5) is 0 Å². The van der Waals surface area contributed by atoms with Gasteiger partial charge in [0.2, 0.25) is 11.8 Å². The second-order valence-corrected chi connectivity index (χ2v) is 5.75. The van der Waals surface area contributed by atoms with Gasteiger partial charge in [0, 0.05) is 25.4 Å². The first-order valence-electron chi connectivity index (χ1n) is 8.71. The van der Waals surface area contributed by atoms with Crippen LogP contribution in [0.15, 0.2) is 0 Å². The Balaban J connectivity index is 4.94. The van der Waals surface area contributed by atoms with Crippen molar-refractivity contribution < 1.29 is 19.5 Å². The van der Waals surface area contributed by atoms with Gasteiger partial charge in [-0.25, -0.2) is 0 Å². The first-order valence-corrected chi connectivity index (χ1v) is 8.71. The molecule has 0 fully saturated rings. The van der Waals surface area contributed by atoms with E-state index in [0.717, 1.165) is 25.7 Å². The number of unbranched alkanes of at least 4 members (excludes halogenated alkanes) is 1. The maximum Gasteiger partial charge on any atom is 0.303 e. The average Bonchev–Trinajstić information content (AvgIpc) is 2.52. The molecule has 0 aliphatic carbocycles. The molecule has 0 aromatic rings. The summed E-state index contributed by atoms with van der Waals surface area (Å²) in [6.07, 6.45) is 3.49. The second kappa shape index (κ2) is 11.9. The minimum Gasteiger partial charge on any atom is -0.481 e. The van der Waals surface area contributed by atoms with Gasteiger partial charge in [0.15, 0.2) is 0 Å². The fourth-order valence-electron chi connectivity index (χ4n) is 2.54. The Morgan fingerprint density at radius 1 is 1.04 bits per heavy atom. The molecule has 0 bridgehead atoms. The predicted octanol–water partition coefficient (Wildman–Crippen LogP) is 2.42. The summed E-state index contributed by atoms with van der Waals surface area (Å²) in [7, 11) is 0. The monoisotopic (exact) mass is 328 g/mol. The van der Waals surface area contributed by atoms with Gasteiger partial charge in [0.05, 0.1) is 0 Å². The molecule has 1 unspecified atom stereocenters. The highest BCUT2D eigenvalue weighted by molar-refractivity contribution is 5.88. The van der Waals surface area contributed by atoms with Crippen molar-refractivity contribution >= 4 is 17.8 Å². The highest BCUT2D eigenvalue weighted by Gasteiger charge is 2.27. The van der Waals surface area contributed by atoms with E-state index in [4.69, 9.17) is 5.11 Å². The largest absolute Gasteiger partial charge is 0.481 e. The number of carboxylic acids is 1. The smallest absolute Gasteiger partial charge is 0.303 e. The lowest BCUT2D eigenvalue weighted by molar-refractivity contribution is -0.140. The topological polar surface area (TPSA) is 86.7 Å². The van der Waals surface area contributed by atoms with Gasteiger partial charge in [-0.2, -0.15) is 0 Å². The zero-order valence-electron chi connectivity index (χ0n) is 14.9. The normalized spacial score (nSPS) is 13.2. The summed E-state index contributed by atoms with van der Waals surface area (Å²) in [5, 5.41) is 11.7. The molecule has 0 aliphatic rings. The number of hydrogen-bond donors (Lipinski definition) is 2. The molecule has 2 atom stereocenters. The van der Waals surface area contributed by atoms with Crippen LogP contribution in [0.3, 0.4) is 0 Å². The van der Waals surface area contributed by atoms with Crippen LogP contribution in [0.1, 0.15) is 66.2 Å². The number of nitrogens with one attached hydrogen (secondary N) is 1. The summed E-state index contributed by atoms with van der Waals surface area (Å²) in [6.45, 7) is 8.85. The Morgan fingerprint density at radius 2 is 1.65 bits per heavy atom. The van der Waals surface area contributed by atoms with Gasteiger partial charge in [-0.05, 0) is 33.1 Å². The molecule has 0 radical (unpaired) electrons. The Hall–Kier alpha value is -1.59. The van der Waals surface area contributed by atoms with E-state index in [-0.39, 0.29) is 30.6 Å². The van der Waals surface area contributed by atoms with Gasteiger partial charge in [0.25, 0.3) is 0 Å². The lowest BCUT2D eigenvalue weighted by Gasteiger charge is -2.27. The summed E-state index contributed by atoms with van der Waals surface area (Å²) >= 11 is 0. The fraction of sp³-hybridized carbons (Fsp3) is 0.824. The number of amides is 2. The molecule has 0 aromatic carbocycles. The van der Waals surface area contributed by atoms with Crippen LogP contribution in [0.2, 0.25) is 0 Å². The van der Waals surface area contributed by atoms with Crippen molar-refractivity contribution in [3.63, 3.8) is 0 Å². The number of aliphatic carboxylic acids is 1. The van der Waals surface area contributed by atoms with E-state index in [1.807, 2.05) is 20.8 Å². The molecule has 0 saturated carbocycles. The molecule has 0 aromatic heterocycles. The van der Waals surface area contributed by atoms with Crippen molar-refractivity contribution in [3.8, 4) is 0 Å². The van der Waals surface area contributed by atoms with Crippen molar-refractivity contribution in [3.05, 3.63) is 0 Å². The zero-order valence-corrected chi connectivity index (χ0v) is 14.9. The second-order valence-electron chi connectivity index (χ2n) is 5.75. The molecule has 0 spiro atoms. The maximum atomic E-state index is 12.5. The number of carbonyl (C=O) groups excluding carboxylic acids is 2. The number of carboxylic acid groups (broad SMARTS) is 1. The molecule has 134 valence electrons. The van der Waals surface area contributed by atoms with Gasteiger partial charge < -0.3 is 15.3 Å². The molecule has 0 rings (SSSR count). The number of nitrogens with zero attached hydrogens (tertiary/aromatic N) is 1. The van der Waals surface area contributed by atoms with E-state index in [2.05, 4.69) is 12.2 Å². The van der Waals surface area contributed by atoms with E-state index in [9.17, 15) is 14.4 Å². The molecule has 0 saturated heterocycles.